The molecule has 7 nitrogen and oxygen atoms in total. The Balaban J connectivity index is 1.74. The Morgan fingerprint density at radius 3 is 2.53 bits per heavy atom. The van der Waals surface area contributed by atoms with Crippen LogP contribution in [-0.4, -0.2) is 73.1 Å². The Hall–Kier alpha value is -2.87. The molecule has 8 heteroatoms. The minimum absolute atomic E-state index is 0.0625. The summed E-state index contributed by atoms with van der Waals surface area (Å²) in [5, 5.41) is 11.6. The summed E-state index contributed by atoms with van der Waals surface area (Å²) in [6.45, 7) is 3.81. The molecule has 32 heavy (non-hydrogen) atoms. The fourth-order valence-corrected chi connectivity index (χ4v) is 4.23. The molecule has 0 spiro atoms. The molecule has 0 radical (unpaired) electrons. The van der Waals surface area contributed by atoms with Crippen LogP contribution in [0.3, 0.4) is 0 Å². The number of Topliss-reactive ketones (excluding diaryl/α,β-unsaturated/α-hetero) is 1. The Morgan fingerprint density at radius 2 is 1.84 bits per heavy atom. The zero-order chi connectivity index (χ0) is 22.7. The first-order chi connectivity index (χ1) is 15.5. The maximum absolute atomic E-state index is 13.1. The van der Waals surface area contributed by atoms with Gasteiger partial charge in [0, 0.05) is 36.8 Å². The van der Waals surface area contributed by atoms with Gasteiger partial charge >= 0.3 is 0 Å². The van der Waals surface area contributed by atoms with Gasteiger partial charge in [0.25, 0.3) is 11.7 Å². The molecule has 1 atom stereocenters. The molecular formula is C24H25ClN2O5. The van der Waals surface area contributed by atoms with Crippen molar-refractivity contribution in [2.75, 3.05) is 46.5 Å². The number of morpholine rings is 1. The lowest BCUT2D eigenvalue weighted by atomic mass is 9.95. The summed E-state index contributed by atoms with van der Waals surface area (Å²) >= 11 is 5.97. The molecule has 2 aliphatic heterocycles. The van der Waals surface area contributed by atoms with E-state index in [1.807, 2.05) is 6.07 Å². The quantitative estimate of drug-likeness (QED) is 0.409. The number of carbonyl (C=O) groups excluding carboxylic acids is 2. The van der Waals surface area contributed by atoms with Gasteiger partial charge in [-0.1, -0.05) is 23.7 Å². The van der Waals surface area contributed by atoms with Crippen molar-refractivity contribution in [3.63, 3.8) is 0 Å². The summed E-state index contributed by atoms with van der Waals surface area (Å²) < 4.78 is 10.7. The van der Waals surface area contributed by atoms with Crippen molar-refractivity contribution in [3.8, 4) is 5.75 Å². The normalized spacial score (nSPS) is 21.2. The average Bonchev–Trinajstić information content (AvgIpc) is 3.08. The minimum Gasteiger partial charge on any atom is -0.507 e. The number of ketones is 1. The summed E-state index contributed by atoms with van der Waals surface area (Å²) in [6, 6.07) is 13.0. The highest BCUT2D eigenvalue weighted by atomic mass is 35.5. The van der Waals surface area contributed by atoms with Gasteiger partial charge in [-0.05, 0) is 42.0 Å². The molecule has 168 valence electrons. The van der Waals surface area contributed by atoms with E-state index >= 15 is 0 Å². The molecule has 1 N–H and O–H groups in total. The lowest BCUT2D eigenvalue weighted by Gasteiger charge is -2.31. The summed E-state index contributed by atoms with van der Waals surface area (Å²) in [7, 11) is 1.56. The van der Waals surface area contributed by atoms with E-state index in [-0.39, 0.29) is 11.3 Å². The molecular weight excluding hydrogens is 432 g/mol. The highest BCUT2D eigenvalue weighted by molar-refractivity contribution is 6.46. The molecule has 2 saturated heterocycles. The van der Waals surface area contributed by atoms with E-state index in [0.29, 0.717) is 48.2 Å². The molecule has 2 fully saturated rings. The van der Waals surface area contributed by atoms with E-state index in [1.165, 1.54) is 4.90 Å². The van der Waals surface area contributed by atoms with E-state index in [4.69, 9.17) is 21.1 Å². The number of nitrogens with zero attached hydrogens (tertiary/aromatic N) is 2. The second-order valence-corrected chi connectivity index (χ2v) is 8.17. The van der Waals surface area contributed by atoms with Gasteiger partial charge < -0.3 is 19.5 Å². The number of aliphatic hydroxyl groups excluding tert-OH is 1. The molecule has 0 unspecified atom stereocenters. The van der Waals surface area contributed by atoms with Gasteiger partial charge in [-0.25, -0.2) is 0 Å². The van der Waals surface area contributed by atoms with Crippen LogP contribution in [0.25, 0.3) is 5.76 Å². The SMILES string of the molecule is COc1cccc([C@@H]2/C(=C(\O)c3ccc(Cl)cc3)C(=O)C(=O)N2CCN2CCOCC2)c1. The smallest absolute Gasteiger partial charge is 0.295 e. The number of hydrogen-bond donors (Lipinski definition) is 1. The number of hydrogen-bond acceptors (Lipinski definition) is 6. The Kier molecular flexibility index (Phi) is 6.79. The number of halogens is 1. The summed E-state index contributed by atoms with van der Waals surface area (Å²) in [5.41, 5.74) is 1.18. The third-order valence-electron chi connectivity index (χ3n) is 5.83. The molecule has 0 bridgehead atoms. The topological polar surface area (TPSA) is 79.3 Å². The molecule has 2 aliphatic rings. The predicted octanol–water partition coefficient (Wildman–Crippen LogP) is 3.10. The van der Waals surface area contributed by atoms with Crippen LogP contribution in [0, 0.1) is 0 Å². The van der Waals surface area contributed by atoms with Crippen LogP contribution >= 0.6 is 11.6 Å². The average molecular weight is 457 g/mol. The van der Waals surface area contributed by atoms with Crippen LogP contribution in [0.1, 0.15) is 17.2 Å². The fourth-order valence-electron chi connectivity index (χ4n) is 4.11. The molecule has 1 amide bonds. The number of rotatable bonds is 6. The highest BCUT2D eigenvalue weighted by Gasteiger charge is 2.46. The van der Waals surface area contributed by atoms with Crippen molar-refractivity contribution in [2.45, 2.75) is 6.04 Å². The summed E-state index contributed by atoms with van der Waals surface area (Å²) in [6.07, 6.45) is 0. The van der Waals surface area contributed by atoms with E-state index in [9.17, 15) is 14.7 Å². The summed E-state index contributed by atoms with van der Waals surface area (Å²) in [5.74, 6) is -0.941. The van der Waals surface area contributed by atoms with Crippen LogP contribution in [0.5, 0.6) is 5.75 Å². The van der Waals surface area contributed by atoms with E-state index in [2.05, 4.69) is 4.90 Å². The van der Waals surface area contributed by atoms with Crippen molar-refractivity contribution in [2.24, 2.45) is 0 Å². The molecule has 2 heterocycles. The number of likely N-dealkylation sites (tertiary alicyclic amines) is 1. The van der Waals surface area contributed by atoms with E-state index in [1.54, 1.807) is 49.6 Å². The Bertz CT molecular complexity index is 1030. The van der Waals surface area contributed by atoms with Crippen molar-refractivity contribution < 1.29 is 24.2 Å². The first kappa shape index (κ1) is 22.3. The number of benzene rings is 2. The van der Waals surface area contributed by atoms with Gasteiger partial charge in [-0.15, -0.1) is 0 Å². The minimum atomic E-state index is -0.721. The second-order valence-electron chi connectivity index (χ2n) is 7.73. The zero-order valence-corrected chi connectivity index (χ0v) is 18.5. The van der Waals surface area contributed by atoms with Gasteiger partial charge in [0.1, 0.15) is 11.5 Å². The van der Waals surface area contributed by atoms with Crippen molar-refractivity contribution in [1.29, 1.82) is 0 Å². The number of methoxy groups -OCH3 is 1. The van der Waals surface area contributed by atoms with Crippen LogP contribution in [0.2, 0.25) is 5.02 Å². The molecule has 4 rings (SSSR count). The third-order valence-corrected chi connectivity index (χ3v) is 6.08. The molecule has 0 saturated carbocycles. The fraction of sp³-hybridized carbons (Fsp3) is 0.333. The molecule has 0 aliphatic carbocycles. The van der Waals surface area contributed by atoms with Crippen LogP contribution < -0.4 is 4.74 Å². The standard InChI is InChI=1S/C24H25ClN2O5/c1-31-19-4-2-3-17(15-19)21-20(22(28)16-5-7-18(25)8-6-16)23(29)24(30)27(21)10-9-26-11-13-32-14-12-26/h2-8,15,21,28H,9-14H2,1H3/b22-20+/t21-/m1/s1. The maximum Gasteiger partial charge on any atom is 0.295 e. The van der Waals surface area contributed by atoms with Gasteiger partial charge in [0.15, 0.2) is 0 Å². The highest BCUT2D eigenvalue weighted by Crippen LogP contribution is 2.40. The van der Waals surface area contributed by atoms with Crippen LogP contribution in [0.15, 0.2) is 54.1 Å². The lowest BCUT2D eigenvalue weighted by Crippen LogP contribution is -2.42. The Morgan fingerprint density at radius 1 is 1.12 bits per heavy atom. The van der Waals surface area contributed by atoms with E-state index in [0.717, 1.165) is 13.1 Å². The van der Waals surface area contributed by atoms with Gasteiger partial charge in [0.2, 0.25) is 0 Å². The maximum atomic E-state index is 13.1. The third kappa shape index (κ3) is 4.50. The number of amides is 1. The van der Waals surface area contributed by atoms with E-state index < -0.39 is 17.7 Å². The number of ether oxygens (including phenoxy) is 2. The van der Waals surface area contributed by atoms with Gasteiger partial charge in [-0.2, -0.15) is 0 Å². The number of carbonyl (C=O) groups is 2. The van der Waals surface area contributed by atoms with Crippen molar-refractivity contribution >= 4 is 29.1 Å². The Labute approximate surface area is 191 Å². The van der Waals surface area contributed by atoms with Crippen molar-refractivity contribution in [3.05, 3.63) is 70.3 Å². The molecule has 2 aromatic carbocycles. The second kappa shape index (κ2) is 9.73. The first-order valence-electron chi connectivity index (χ1n) is 10.5. The van der Waals surface area contributed by atoms with Gasteiger partial charge in [-0.3, -0.25) is 14.5 Å². The lowest BCUT2D eigenvalue weighted by molar-refractivity contribution is -0.140. The summed E-state index contributed by atoms with van der Waals surface area (Å²) in [4.78, 5) is 29.9. The van der Waals surface area contributed by atoms with Crippen LogP contribution in [-0.2, 0) is 14.3 Å². The zero-order valence-electron chi connectivity index (χ0n) is 17.8. The predicted molar refractivity (Wildman–Crippen MR) is 121 cm³/mol. The molecule has 2 aromatic rings. The monoisotopic (exact) mass is 456 g/mol. The molecule has 0 aromatic heterocycles. The largest absolute Gasteiger partial charge is 0.507 e. The van der Waals surface area contributed by atoms with Crippen molar-refractivity contribution in [1.82, 2.24) is 9.80 Å². The first-order valence-corrected chi connectivity index (χ1v) is 10.9. The van der Waals surface area contributed by atoms with Gasteiger partial charge in [0.05, 0.1) is 31.9 Å². The van der Waals surface area contributed by atoms with Crippen LogP contribution in [0.4, 0.5) is 0 Å². The number of aliphatic hydroxyl groups is 1.